The van der Waals surface area contributed by atoms with Crippen LogP contribution in [0, 0.1) is 5.92 Å². The molecule has 0 amide bonds. The summed E-state index contributed by atoms with van der Waals surface area (Å²) in [5, 5.41) is 6.24. The minimum Gasteiger partial charge on any atom is -0.0748 e. The molecule has 4 rings (SSSR count). The Morgan fingerprint density at radius 1 is 0.373 bits per heavy atom. The maximum absolute atomic E-state index is 2.99. The fourth-order valence-electron chi connectivity index (χ4n) is 7.86. The quantitative estimate of drug-likeness (QED) is 0.188. The van der Waals surface area contributed by atoms with Gasteiger partial charge in [0.25, 0.3) is 0 Å². The highest BCUT2D eigenvalue weighted by Gasteiger charge is 2.49. The third-order valence-electron chi connectivity index (χ3n) is 11.6. The molecule has 0 N–H and O–H groups in total. The van der Waals surface area contributed by atoms with Crippen molar-refractivity contribution in [2.45, 2.75) is 178 Å². The summed E-state index contributed by atoms with van der Waals surface area (Å²) in [4.78, 5) is 0. The molecule has 51 heavy (non-hydrogen) atoms. The van der Waals surface area contributed by atoms with E-state index in [1.54, 1.807) is 5.20 Å². The van der Waals surface area contributed by atoms with Gasteiger partial charge in [0.05, 0.1) is 0 Å². The van der Waals surface area contributed by atoms with E-state index in [1.165, 1.54) is 60.1 Å². The van der Waals surface area contributed by atoms with Crippen molar-refractivity contribution < 1.29 is 0 Å². The average Bonchev–Trinajstić information content (AvgIpc) is 3.21. The Hall–Kier alpha value is -2.64. The van der Waals surface area contributed by atoms with E-state index < -0.39 is 8.07 Å². The predicted molar refractivity (Wildman–Crippen MR) is 232 cm³/mol. The van der Waals surface area contributed by atoms with Crippen LogP contribution in [0.1, 0.15) is 179 Å². The average molecular weight is 703 g/mol. The largest absolute Gasteiger partial charge is 0.176 e. The lowest BCUT2D eigenvalue weighted by molar-refractivity contribution is 0.569. The Labute approximate surface area is 316 Å². The van der Waals surface area contributed by atoms with E-state index in [0.29, 0.717) is 5.92 Å². The summed E-state index contributed by atoms with van der Waals surface area (Å²) in [7, 11) is -2.99. The van der Waals surface area contributed by atoms with Gasteiger partial charge >= 0.3 is 0 Å². The van der Waals surface area contributed by atoms with Crippen LogP contribution in [0.2, 0.25) is 0 Å². The first-order valence-electron chi connectivity index (χ1n) is 19.7. The van der Waals surface area contributed by atoms with Crippen molar-refractivity contribution in [3.63, 3.8) is 0 Å². The number of rotatable bonds is 4. The van der Waals surface area contributed by atoms with Crippen LogP contribution >= 0.6 is 0 Å². The highest BCUT2D eigenvalue weighted by Crippen LogP contribution is 2.41. The number of hydrogen-bond acceptors (Lipinski definition) is 0. The highest BCUT2D eigenvalue weighted by atomic mass is 28.3. The van der Waals surface area contributed by atoms with Gasteiger partial charge in [0, 0.05) is 0 Å². The Balaban J connectivity index is 2.51. The van der Waals surface area contributed by atoms with Gasteiger partial charge in [-0.25, -0.2) is 0 Å². The molecule has 1 atom stereocenters. The van der Waals surface area contributed by atoms with Gasteiger partial charge in [0.2, 0.25) is 0 Å². The van der Waals surface area contributed by atoms with Crippen molar-refractivity contribution in [2.75, 3.05) is 0 Å². The predicted octanol–water partition coefficient (Wildman–Crippen LogP) is 12.4. The van der Waals surface area contributed by atoms with E-state index in [0.717, 1.165) is 0 Å². The molecule has 0 saturated heterocycles. The van der Waals surface area contributed by atoms with E-state index in [-0.39, 0.29) is 32.5 Å². The van der Waals surface area contributed by atoms with E-state index in [1.807, 2.05) is 0 Å². The van der Waals surface area contributed by atoms with Gasteiger partial charge in [-0.2, -0.15) is 0 Å². The van der Waals surface area contributed by atoms with E-state index in [9.17, 15) is 0 Å². The number of benzene rings is 3. The molecule has 0 aliphatic heterocycles. The SMILES string of the molecule is CC1=CC(C)C([Si](c2cc(C(C)(C)C)cc(C(C)(C)C)c2)(c2cc(C(C)(C)C)cc(C(C)(C)C)c2)c2cc(C(C)(C)C)cc(C(C)(C)C)c2)=C1C. The van der Waals surface area contributed by atoms with E-state index >= 15 is 0 Å². The molecule has 3 aromatic rings. The molecule has 0 spiro atoms. The normalized spacial score (nSPS) is 17.0. The second kappa shape index (κ2) is 13.0. The van der Waals surface area contributed by atoms with Crippen molar-refractivity contribution in [2.24, 2.45) is 5.92 Å². The number of allylic oxidation sites excluding steroid dienone is 4. The standard InChI is InChI=1S/C50H74Si/c1-32-22-33(2)44(34(32)3)51(41-26-35(45(4,5)6)23-36(27-41)46(7,8)9,42-28-37(47(10,11)12)24-38(29-42)48(13,14)15)43-30-39(49(16,17)18)25-40(31-43)50(19,20)21/h22-31,33H,1-21H3. The fraction of sp³-hybridized carbons (Fsp3) is 0.560. The summed E-state index contributed by atoms with van der Waals surface area (Å²) < 4.78 is 0. The summed E-state index contributed by atoms with van der Waals surface area (Å²) in [5.74, 6) is 0.334. The molecule has 0 radical (unpaired) electrons. The molecule has 1 unspecified atom stereocenters. The zero-order valence-electron chi connectivity index (χ0n) is 36.9. The Bertz CT molecular complexity index is 1570. The molecule has 1 aliphatic rings. The summed E-state index contributed by atoms with van der Waals surface area (Å²) in [5.41, 5.74) is 11.5. The van der Waals surface area contributed by atoms with Gasteiger partial charge in [-0.1, -0.05) is 209 Å². The molecular weight excluding hydrogens is 629 g/mol. The lowest BCUT2D eigenvalue weighted by Gasteiger charge is -2.42. The van der Waals surface area contributed by atoms with Gasteiger partial charge in [-0.05, 0) is 101 Å². The van der Waals surface area contributed by atoms with Crippen LogP contribution in [0.4, 0.5) is 0 Å². The summed E-state index contributed by atoms with van der Waals surface area (Å²) in [6.07, 6.45) is 2.56. The van der Waals surface area contributed by atoms with Crippen LogP contribution in [0.3, 0.4) is 0 Å². The molecule has 3 aromatic carbocycles. The third-order valence-corrected chi connectivity index (χ3v) is 16.8. The van der Waals surface area contributed by atoms with Gasteiger partial charge in [-0.3, -0.25) is 0 Å². The van der Waals surface area contributed by atoms with Crippen LogP contribution in [0.15, 0.2) is 77.0 Å². The summed E-state index contributed by atoms with van der Waals surface area (Å²) >= 11 is 0. The first-order chi connectivity index (χ1) is 22.8. The Morgan fingerprint density at radius 2 is 0.588 bits per heavy atom. The van der Waals surface area contributed by atoms with Crippen LogP contribution in [-0.4, -0.2) is 8.07 Å². The van der Waals surface area contributed by atoms with Crippen molar-refractivity contribution in [1.29, 1.82) is 0 Å². The van der Waals surface area contributed by atoms with Gasteiger partial charge in [-0.15, -0.1) is 0 Å². The minimum absolute atomic E-state index is 0.00267. The van der Waals surface area contributed by atoms with Crippen LogP contribution in [-0.2, 0) is 32.5 Å². The molecule has 0 aromatic heterocycles. The summed E-state index contributed by atoms with van der Waals surface area (Å²) in [6, 6.07) is 23.5. The van der Waals surface area contributed by atoms with Crippen molar-refractivity contribution in [3.05, 3.63) is 110 Å². The lowest BCUT2D eigenvalue weighted by Crippen LogP contribution is -2.70. The summed E-state index contributed by atoms with van der Waals surface area (Å²) in [6.45, 7) is 50.4. The van der Waals surface area contributed by atoms with Gasteiger partial charge in [0.1, 0.15) is 0 Å². The molecule has 0 fully saturated rings. The first kappa shape index (κ1) is 41.1. The highest BCUT2D eigenvalue weighted by molar-refractivity contribution is 7.16. The molecule has 0 heterocycles. The van der Waals surface area contributed by atoms with E-state index in [4.69, 9.17) is 0 Å². The molecular formula is C50H74Si. The molecule has 278 valence electrons. The van der Waals surface area contributed by atoms with E-state index in [2.05, 4.69) is 206 Å². The monoisotopic (exact) mass is 703 g/mol. The number of hydrogen-bond donors (Lipinski definition) is 0. The van der Waals surface area contributed by atoms with Gasteiger partial charge < -0.3 is 0 Å². The molecule has 0 nitrogen and oxygen atoms in total. The second-order valence-corrected chi connectivity index (χ2v) is 26.1. The molecule has 1 heteroatoms. The second-order valence-electron chi connectivity index (χ2n) is 22.3. The third kappa shape index (κ3) is 8.15. The maximum atomic E-state index is 2.66. The lowest BCUT2D eigenvalue weighted by atomic mass is 9.80. The minimum atomic E-state index is -2.99. The molecule has 0 bridgehead atoms. The Morgan fingerprint density at radius 3 is 0.745 bits per heavy atom. The van der Waals surface area contributed by atoms with Crippen molar-refractivity contribution in [3.8, 4) is 0 Å². The zero-order valence-corrected chi connectivity index (χ0v) is 37.9. The van der Waals surface area contributed by atoms with Crippen molar-refractivity contribution >= 4 is 23.6 Å². The maximum Gasteiger partial charge on any atom is 0.176 e. The van der Waals surface area contributed by atoms with Crippen molar-refractivity contribution in [1.82, 2.24) is 0 Å². The van der Waals surface area contributed by atoms with Crippen LogP contribution in [0.25, 0.3) is 0 Å². The van der Waals surface area contributed by atoms with Crippen LogP contribution in [0.5, 0.6) is 0 Å². The zero-order chi connectivity index (χ0) is 39.1. The smallest absolute Gasteiger partial charge is 0.0748 e. The molecule has 1 aliphatic carbocycles. The fourth-order valence-corrected chi connectivity index (χ4v) is 13.5. The topological polar surface area (TPSA) is 0 Å². The molecule has 0 saturated carbocycles. The van der Waals surface area contributed by atoms with Gasteiger partial charge in [0.15, 0.2) is 8.07 Å². The first-order valence-corrected chi connectivity index (χ1v) is 21.7. The Kier molecular flexibility index (Phi) is 10.5. The van der Waals surface area contributed by atoms with Crippen LogP contribution < -0.4 is 15.6 Å².